The maximum Gasteiger partial charge on any atom is 0.305 e. The van der Waals surface area contributed by atoms with Crippen LogP contribution < -0.4 is 5.32 Å². The fourth-order valence-electron chi connectivity index (χ4n) is 3.95. The van der Waals surface area contributed by atoms with Gasteiger partial charge in [-0.1, -0.05) is 97.9 Å². The molecule has 0 aliphatic rings. The molecule has 4 heteroatoms. The standard InChI is InChI=1S/C30H27NO3/c1-2-21-8-10-23(11-9-21)25-14-18-27(19-15-25)30(34)31-28(20-29(32)33)26-16-12-24(13-17-26)22-6-4-3-5-7-22/h3-19,28H,2,20H2,1H3,(H,31,34)(H,32,33). The van der Waals surface area contributed by atoms with Gasteiger partial charge in [0.1, 0.15) is 0 Å². The summed E-state index contributed by atoms with van der Waals surface area (Å²) >= 11 is 0. The Morgan fingerprint density at radius 2 is 1.21 bits per heavy atom. The number of nitrogens with one attached hydrogen (secondary N) is 1. The van der Waals surface area contributed by atoms with Crippen LogP contribution in [0.25, 0.3) is 22.3 Å². The molecule has 0 saturated heterocycles. The molecule has 0 aliphatic heterocycles. The lowest BCUT2D eigenvalue weighted by Crippen LogP contribution is -2.30. The van der Waals surface area contributed by atoms with E-state index in [2.05, 4.69) is 36.5 Å². The fourth-order valence-corrected chi connectivity index (χ4v) is 3.95. The summed E-state index contributed by atoms with van der Waals surface area (Å²) in [7, 11) is 0. The van der Waals surface area contributed by atoms with E-state index < -0.39 is 12.0 Å². The first-order valence-corrected chi connectivity index (χ1v) is 11.4. The molecule has 1 atom stereocenters. The molecular formula is C30H27NO3. The lowest BCUT2D eigenvalue weighted by atomic mass is 9.98. The first kappa shape index (κ1) is 23.0. The van der Waals surface area contributed by atoms with Crippen LogP contribution in [0.4, 0.5) is 0 Å². The third-order valence-electron chi connectivity index (χ3n) is 5.95. The molecule has 1 amide bonds. The van der Waals surface area contributed by atoms with E-state index in [1.165, 1.54) is 5.56 Å². The van der Waals surface area contributed by atoms with Crippen molar-refractivity contribution in [2.24, 2.45) is 0 Å². The van der Waals surface area contributed by atoms with Crippen LogP contribution in [0.1, 0.15) is 40.9 Å². The number of carboxylic acid groups (broad SMARTS) is 1. The minimum atomic E-state index is -0.969. The van der Waals surface area contributed by atoms with Gasteiger partial charge in [-0.15, -0.1) is 0 Å². The zero-order valence-electron chi connectivity index (χ0n) is 19.1. The minimum Gasteiger partial charge on any atom is -0.481 e. The number of hydrogen-bond acceptors (Lipinski definition) is 2. The van der Waals surface area contributed by atoms with Crippen molar-refractivity contribution in [3.05, 3.63) is 120 Å². The van der Waals surface area contributed by atoms with Crippen LogP contribution in [0.2, 0.25) is 0 Å². The molecule has 0 saturated carbocycles. The van der Waals surface area contributed by atoms with E-state index in [4.69, 9.17) is 0 Å². The second kappa shape index (κ2) is 10.6. The molecule has 4 aromatic rings. The Balaban J connectivity index is 1.49. The number of carboxylic acids is 1. The lowest BCUT2D eigenvalue weighted by Gasteiger charge is -2.18. The molecule has 0 bridgehead atoms. The van der Waals surface area contributed by atoms with Crippen molar-refractivity contribution in [1.82, 2.24) is 5.32 Å². The molecule has 170 valence electrons. The molecule has 0 fully saturated rings. The second-order valence-corrected chi connectivity index (χ2v) is 8.24. The van der Waals surface area contributed by atoms with Crippen LogP contribution in [-0.2, 0) is 11.2 Å². The van der Waals surface area contributed by atoms with Crippen LogP contribution in [-0.4, -0.2) is 17.0 Å². The number of benzene rings is 4. The first-order valence-electron chi connectivity index (χ1n) is 11.4. The number of hydrogen-bond donors (Lipinski definition) is 2. The zero-order valence-corrected chi connectivity index (χ0v) is 19.1. The third-order valence-corrected chi connectivity index (χ3v) is 5.95. The molecule has 0 heterocycles. The summed E-state index contributed by atoms with van der Waals surface area (Å²) in [4.78, 5) is 24.4. The Bertz CT molecular complexity index is 1250. The van der Waals surface area contributed by atoms with Gasteiger partial charge in [0.05, 0.1) is 12.5 Å². The van der Waals surface area contributed by atoms with Gasteiger partial charge in [-0.3, -0.25) is 9.59 Å². The van der Waals surface area contributed by atoms with Crippen LogP contribution in [0, 0.1) is 0 Å². The number of carbonyl (C=O) groups is 2. The molecule has 0 aromatic heterocycles. The van der Waals surface area contributed by atoms with E-state index in [9.17, 15) is 14.7 Å². The zero-order chi connectivity index (χ0) is 23.9. The highest BCUT2D eigenvalue weighted by atomic mass is 16.4. The highest BCUT2D eigenvalue weighted by molar-refractivity contribution is 5.95. The summed E-state index contributed by atoms with van der Waals surface area (Å²) in [5, 5.41) is 12.3. The minimum absolute atomic E-state index is 0.196. The maximum absolute atomic E-state index is 12.9. The molecule has 0 spiro atoms. The monoisotopic (exact) mass is 449 g/mol. The molecule has 4 nitrogen and oxygen atoms in total. The third kappa shape index (κ3) is 5.59. The number of rotatable bonds is 8. The van der Waals surface area contributed by atoms with E-state index in [1.54, 1.807) is 12.1 Å². The van der Waals surface area contributed by atoms with E-state index >= 15 is 0 Å². The predicted molar refractivity (Wildman–Crippen MR) is 136 cm³/mol. The average molecular weight is 450 g/mol. The Morgan fingerprint density at radius 3 is 1.74 bits per heavy atom. The number of aliphatic carboxylic acids is 1. The van der Waals surface area contributed by atoms with Gasteiger partial charge in [-0.05, 0) is 51.9 Å². The van der Waals surface area contributed by atoms with Crippen molar-refractivity contribution >= 4 is 11.9 Å². The van der Waals surface area contributed by atoms with Crippen LogP contribution in [0.15, 0.2) is 103 Å². The lowest BCUT2D eigenvalue weighted by molar-refractivity contribution is -0.137. The first-order chi connectivity index (χ1) is 16.5. The Hall–Kier alpha value is -4.18. The molecule has 0 aliphatic carbocycles. The smallest absolute Gasteiger partial charge is 0.305 e. The average Bonchev–Trinajstić information content (AvgIpc) is 2.89. The van der Waals surface area contributed by atoms with Crippen molar-refractivity contribution in [2.75, 3.05) is 0 Å². The second-order valence-electron chi connectivity index (χ2n) is 8.24. The topological polar surface area (TPSA) is 66.4 Å². The van der Waals surface area contributed by atoms with E-state index in [1.807, 2.05) is 66.7 Å². The van der Waals surface area contributed by atoms with Crippen molar-refractivity contribution in [2.45, 2.75) is 25.8 Å². The van der Waals surface area contributed by atoms with Crippen molar-refractivity contribution < 1.29 is 14.7 Å². The maximum atomic E-state index is 12.9. The van der Waals surface area contributed by atoms with Gasteiger partial charge in [-0.25, -0.2) is 0 Å². The van der Waals surface area contributed by atoms with Crippen LogP contribution in [0.3, 0.4) is 0 Å². The molecule has 2 N–H and O–H groups in total. The SMILES string of the molecule is CCc1ccc(-c2ccc(C(=O)NC(CC(=O)O)c3ccc(-c4ccccc4)cc3)cc2)cc1. The Morgan fingerprint density at radius 1 is 0.706 bits per heavy atom. The normalized spacial score (nSPS) is 11.6. The molecule has 1 unspecified atom stereocenters. The molecule has 34 heavy (non-hydrogen) atoms. The summed E-state index contributed by atoms with van der Waals surface area (Å²) in [6.07, 6.45) is 0.796. The van der Waals surface area contributed by atoms with Crippen molar-refractivity contribution in [3.8, 4) is 22.3 Å². The van der Waals surface area contributed by atoms with Gasteiger partial charge >= 0.3 is 5.97 Å². The highest BCUT2D eigenvalue weighted by Crippen LogP contribution is 2.25. The van der Waals surface area contributed by atoms with Crippen molar-refractivity contribution in [3.63, 3.8) is 0 Å². The highest BCUT2D eigenvalue weighted by Gasteiger charge is 2.19. The number of carbonyl (C=O) groups excluding carboxylic acids is 1. The molecule has 4 aromatic carbocycles. The van der Waals surface area contributed by atoms with E-state index in [0.717, 1.165) is 34.2 Å². The van der Waals surface area contributed by atoms with Gasteiger partial charge in [0, 0.05) is 5.56 Å². The van der Waals surface area contributed by atoms with E-state index in [0.29, 0.717) is 5.56 Å². The van der Waals surface area contributed by atoms with Gasteiger partial charge in [0.25, 0.3) is 5.91 Å². The van der Waals surface area contributed by atoms with Gasteiger partial charge < -0.3 is 10.4 Å². The Labute approximate surface area is 199 Å². The molecule has 4 rings (SSSR count). The van der Waals surface area contributed by atoms with Gasteiger partial charge in [0.2, 0.25) is 0 Å². The fraction of sp³-hybridized carbons (Fsp3) is 0.133. The summed E-state index contributed by atoms with van der Waals surface area (Å²) in [5.41, 5.74) is 6.75. The van der Waals surface area contributed by atoms with Crippen LogP contribution >= 0.6 is 0 Å². The quantitative estimate of drug-likeness (QED) is 0.321. The van der Waals surface area contributed by atoms with Gasteiger partial charge in [-0.2, -0.15) is 0 Å². The summed E-state index contributed by atoms with van der Waals surface area (Å²) in [6.45, 7) is 2.12. The molecular weight excluding hydrogens is 422 g/mol. The van der Waals surface area contributed by atoms with Crippen LogP contribution in [0.5, 0.6) is 0 Å². The van der Waals surface area contributed by atoms with Crippen molar-refractivity contribution in [1.29, 1.82) is 0 Å². The molecule has 0 radical (unpaired) electrons. The summed E-state index contributed by atoms with van der Waals surface area (Å²) < 4.78 is 0. The number of amides is 1. The Kier molecular flexibility index (Phi) is 7.19. The van der Waals surface area contributed by atoms with Gasteiger partial charge in [0.15, 0.2) is 0 Å². The number of aryl methyl sites for hydroxylation is 1. The largest absolute Gasteiger partial charge is 0.481 e. The summed E-state index contributed by atoms with van der Waals surface area (Å²) in [5.74, 6) is -1.27. The van der Waals surface area contributed by atoms with E-state index in [-0.39, 0.29) is 12.3 Å². The predicted octanol–water partition coefficient (Wildman–Crippen LogP) is 6.53. The summed E-state index contributed by atoms with van der Waals surface area (Å²) in [6, 6.07) is 32.7.